The van der Waals surface area contributed by atoms with Crippen LogP contribution in [-0.2, 0) is 6.18 Å². The second kappa shape index (κ2) is 5.08. The van der Waals surface area contributed by atoms with Crippen LogP contribution in [0.3, 0.4) is 0 Å². The van der Waals surface area contributed by atoms with Crippen molar-refractivity contribution in [2.75, 3.05) is 0 Å². The van der Waals surface area contributed by atoms with E-state index >= 15 is 0 Å². The van der Waals surface area contributed by atoms with Crippen LogP contribution in [0.4, 0.5) is 13.2 Å². The average molecular weight is 320 g/mol. The minimum atomic E-state index is -4.51. The van der Waals surface area contributed by atoms with Crippen molar-refractivity contribution in [3.05, 3.63) is 53.3 Å². The zero-order valence-corrected chi connectivity index (χ0v) is 11.9. The molecule has 0 unspecified atom stereocenters. The van der Waals surface area contributed by atoms with Gasteiger partial charge in [-0.05, 0) is 25.1 Å². The molecule has 0 saturated carbocycles. The van der Waals surface area contributed by atoms with Crippen molar-refractivity contribution < 1.29 is 18.0 Å². The maximum absolute atomic E-state index is 13.1. The van der Waals surface area contributed by atoms with Gasteiger partial charge in [-0.3, -0.25) is 4.79 Å². The number of aromatic nitrogens is 3. The lowest BCUT2D eigenvalue weighted by Gasteiger charge is -2.12. The zero-order chi connectivity index (χ0) is 16.8. The van der Waals surface area contributed by atoms with Crippen LogP contribution in [0, 0.1) is 6.92 Å². The highest BCUT2D eigenvalue weighted by Gasteiger charge is 2.33. The average Bonchev–Trinajstić information content (AvgIpc) is 2.81. The number of carbonyl (C=O) groups is 1. The van der Waals surface area contributed by atoms with Gasteiger partial charge in [0, 0.05) is 5.56 Å². The van der Waals surface area contributed by atoms with E-state index in [9.17, 15) is 18.0 Å². The summed E-state index contributed by atoms with van der Waals surface area (Å²) in [6.45, 7) is 1.58. The van der Waals surface area contributed by atoms with Crippen molar-refractivity contribution >= 4 is 11.6 Å². The number of aryl methyl sites for hydroxylation is 1. The minimum Gasteiger partial charge on any atom is -0.364 e. The van der Waals surface area contributed by atoms with Crippen molar-refractivity contribution in [1.29, 1.82) is 0 Å². The number of primary amides is 1. The predicted molar refractivity (Wildman–Crippen MR) is 76.7 cm³/mol. The number of fused-ring (bicyclic) bond motifs is 1. The molecule has 3 rings (SSSR count). The van der Waals surface area contributed by atoms with Gasteiger partial charge in [0.05, 0.1) is 17.0 Å². The molecule has 2 N–H and O–H groups in total. The second-order valence-electron chi connectivity index (χ2n) is 4.94. The lowest BCUT2D eigenvalue weighted by Crippen LogP contribution is -2.16. The number of nitrogens with two attached hydrogens (primary N) is 1. The zero-order valence-electron chi connectivity index (χ0n) is 11.9. The fourth-order valence-corrected chi connectivity index (χ4v) is 2.42. The number of nitrogens with zero attached hydrogens (tertiary/aromatic N) is 3. The third-order valence-electron chi connectivity index (χ3n) is 3.39. The van der Waals surface area contributed by atoms with E-state index in [4.69, 9.17) is 5.73 Å². The van der Waals surface area contributed by atoms with Crippen LogP contribution < -0.4 is 5.73 Å². The Kier molecular flexibility index (Phi) is 3.32. The molecule has 1 aromatic carbocycles. The molecule has 0 radical (unpaired) electrons. The third kappa shape index (κ3) is 2.52. The predicted octanol–water partition coefficient (Wildman–Crippen LogP) is 2.82. The van der Waals surface area contributed by atoms with Gasteiger partial charge in [0.15, 0.2) is 11.3 Å². The van der Waals surface area contributed by atoms with Crippen molar-refractivity contribution in [2.45, 2.75) is 13.1 Å². The fourth-order valence-electron chi connectivity index (χ4n) is 2.42. The smallest absolute Gasteiger partial charge is 0.364 e. The van der Waals surface area contributed by atoms with E-state index in [2.05, 4.69) is 10.1 Å². The summed E-state index contributed by atoms with van der Waals surface area (Å²) in [4.78, 5) is 15.6. The molecule has 0 aliphatic carbocycles. The molecule has 5 nitrogen and oxygen atoms in total. The van der Waals surface area contributed by atoms with E-state index in [1.807, 2.05) is 0 Å². The van der Waals surface area contributed by atoms with Gasteiger partial charge in [-0.15, -0.1) is 0 Å². The molecular weight excluding hydrogens is 309 g/mol. The maximum atomic E-state index is 13.1. The molecule has 8 heteroatoms. The summed E-state index contributed by atoms with van der Waals surface area (Å²) in [5.41, 5.74) is 5.24. The van der Waals surface area contributed by atoms with Crippen molar-refractivity contribution in [2.24, 2.45) is 5.73 Å². The van der Waals surface area contributed by atoms with Crippen LogP contribution >= 0.6 is 0 Å². The number of halogens is 3. The van der Waals surface area contributed by atoms with E-state index in [-0.39, 0.29) is 17.0 Å². The van der Waals surface area contributed by atoms with E-state index in [0.717, 1.165) is 6.07 Å². The molecule has 0 spiro atoms. The maximum Gasteiger partial charge on any atom is 0.417 e. The number of alkyl halides is 3. The summed E-state index contributed by atoms with van der Waals surface area (Å²) in [5, 5.41) is 4.12. The molecule has 0 bridgehead atoms. The molecule has 0 aliphatic heterocycles. The fraction of sp³-hybridized carbons (Fsp3) is 0.133. The molecule has 0 atom stereocenters. The highest BCUT2D eigenvalue weighted by atomic mass is 19.4. The van der Waals surface area contributed by atoms with Gasteiger partial charge >= 0.3 is 6.18 Å². The summed E-state index contributed by atoms with van der Waals surface area (Å²) in [5.74, 6) is -0.747. The van der Waals surface area contributed by atoms with Crippen LogP contribution in [-0.4, -0.2) is 20.5 Å². The van der Waals surface area contributed by atoms with Crippen molar-refractivity contribution in [1.82, 2.24) is 14.6 Å². The Morgan fingerprint density at radius 3 is 2.52 bits per heavy atom. The molecule has 118 valence electrons. The SMILES string of the molecule is Cc1nc2ccc(-c3ccccc3C(F)(F)F)nn2c1C(N)=O. The Balaban J connectivity index is 2.27. The van der Waals surface area contributed by atoms with Crippen LogP contribution in [0.2, 0.25) is 0 Å². The standard InChI is InChI=1S/C15H11F3N4O/c1-8-13(14(19)23)22-12(20-8)7-6-11(21-22)9-4-2-3-5-10(9)15(16,17)18/h2-7H,1H3,(H2,19,23). The van der Waals surface area contributed by atoms with Crippen LogP contribution in [0.25, 0.3) is 16.9 Å². The topological polar surface area (TPSA) is 73.3 Å². The summed E-state index contributed by atoms with van der Waals surface area (Å²) in [7, 11) is 0. The number of amides is 1. The molecule has 0 saturated heterocycles. The number of benzene rings is 1. The Labute approximate surface area is 128 Å². The number of hydrogen-bond acceptors (Lipinski definition) is 3. The molecule has 0 aliphatic rings. The Hall–Kier alpha value is -2.90. The van der Waals surface area contributed by atoms with Crippen LogP contribution in [0.5, 0.6) is 0 Å². The number of hydrogen-bond donors (Lipinski definition) is 1. The normalized spacial score (nSPS) is 11.8. The number of carbonyl (C=O) groups excluding carboxylic acids is 1. The molecule has 0 fully saturated rings. The Morgan fingerprint density at radius 2 is 1.87 bits per heavy atom. The summed E-state index contributed by atoms with van der Waals surface area (Å²) < 4.78 is 40.6. The van der Waals surface area contributed by atoms with Gasteiger partial charge in [-0.2, -0.15) is 18.3 Å². The quantitative estimate of drug-likeness (QED) is 0.789. The summed E-state index contributed by atoms with van der Waals surface area (Å²) in [6.07, 6.45) is -4.51. The highest BCUT2D eigenvalue weighted by Crippen LogP contribution is 2.36. The molecule has 1 amide bonds. The molecule has 2 aromatic heterocycles. The number of imidazole rings is 1. The van der Waals surface area contributed by atoms with E-state index < -0.39 is 17.6 Å². The van der Waals surface area contributed by atoms with Crippen LogP contribution in [0.15, 0.2) is 36.4 Å². The van der Waals surface area contributed by atoms with E-state index in [1.165, 1.54) is 34.8 Å². The summed E-state index contributed by atoms with van der Waals surface area (Å²) in [6, 6.07) is 8.03. The minimum absolute atomic E-state index is 0.0475. The first-order valence-corrected chi connectivity index (χ1v) is 6.62. The van der Waals surface area contributed by atoms with Gasteiger partial charge in [-0.1, -0.05) is 18.2 Å². The van der Waals surface area contributed by atoms with Gasteiger partial charge in [0.1, 0.15) is 0 Å². The Morgan fingerprint density at radius 1 is 1.17 bits per heavy atom. The monoisotopic (exact) mass is 320 g/mol. The van der Waals surface area contributed by atoms with Crippen molar-refractivity contribution in [3.8, 4) is 11.3 Å². The Bertz CT molecular complexity index is 915. The molecule has 23 heavy (non-hydrogen) atoms. The summed E-state index contributed by atoms with van der Waals surface area (Å²) >= 11 is 0. The lowest BCUT2D eigenvalue weighted by atomic mass is 10.0. The van der Waals surface area contributed by atoms with Gasteiger partial charge in [0.25, 0.3) is 5.91 Å². The number of rotatable bonds is 2. The first kappa shape index (κ1) is 15.0. The first-order chi connectivity index (χ1) is 10.8. The van der Waals surface area contributed by atoms with Crippen LogP contribution in [0.1, 0.15) is 21.7 Å². The molecular formula is C15H11F3N4O. The van der Waals surface area contributed by atoms with Gasteiger partial charge in [-0.25, -0.2) is 9.50 Å². The van der Waals surface area contributed by atoms with Gasteiger partial charge < -0.3 is 5.73 Å². The molecule has 3 aromatic rings. The lowest BCUT2D eigenvalue weighted by molar-refractivity contribution is -0.137. The molecule has 2 heterocycles. The van der Waals surface area contributed by atoms with Crippen molar-refractivity contribution in [3.63, 3.8) is 0 Å². The highest BCUT2D eigenvalue weighted by molar-refractivity contribution is 5.93. The van der Waals surface area contributed by atoms with E-state index in [0.29, 0.717) is 11.3 Å². The van der Waals surface area contributed by atoms with E-state index in [1.54, 1.807) is 6.92 Å². The second-order valence-corrected chi connectivity index (χ2v) is 4.94. The van der Waals surface area contributed by atoms with Gasteiger partial charge in [0.2, 0.25) is 0 Å². The largest absolute Gasteiger partial charge is 0.417 e. The first-order valence-electron chi connectivity index (χ1n) is 6.62. The third-order valence-corrected chi connectivity index (χ3v) is 3.39.